The van der Waals surface area contributed by atoms with Gasteiger partial charge < -0.3 is 5.11 Å². The Kier molecular flexibility index (Phi) is 3.14. The number of rotatable bonds is 3. The van der Waals surface area contributed by atoms with E-state index >= 15 is 0 Å². The first kappa shape index (κ1) is 10.7. The van der Waals surface area contributed by atoms with E-state index < -0.39 is 0 Å². The Labute approximate surface area is 84.4 Å². The molecule has 0 aliphatic rings. The van der Waals surface area contributed by atoms with Crippen molar-refractivity contribution in [2.24, 2.45) is 5.41 Å². The minimum absolute atomic E-state index is 0.0166. The summed E-state index contributed by atoms with van der Waals surface area (Å²) in [7, 11) is 0. The average Bonchev–Trinajstić information content (AvgIpc) is 2.50. The van der Waals surface area contributed by atoms with Gasteiger partial charge in [0.25, 0.3) is 0 Å². The maximum atomic E-state index is 10.1. The predicted octanol–water partition coefficient (Wildman–Crippen LogP) is 3.53. The quantitative estimate of drug-likeness (QED) is 0.787. The molecule has 0 spiro atoms. The lowest BCUT2D eigenvalue weighted by Gasteiger charge is -2.28. The van der Waals surface area contributed by atoms with Gasteiger partial charge >= 0.3 is 0 Å². The van der Waals surface area contributed by atoms with Crippen molar-refractivity contribution in [2.45, 2.75) is 40.2 Å². The highest BCUT2D eigenvalue weighted by atomic mass is 32.1. The van der Waals surface area contributed by atoms with Gasteiger partial charge in [0.2, 0.25) is 0 Å². The monoisotopic (exact) mass is 198 g/mol. The molecule has 1 atom stereocenters. The van der Waals surface area contributed by atoms with Gasteiger partial charge in [0.1, 0.15) is 0 Å². The highest BCUT2D eigenvalue weighted by molar-refractivity contribution is 7.12. The van der Waals surface area contributed by atoms with Gasteiger partial charge in [-0.05, 0) is 30.9 Å². The van der Waals surface area contributed by atoms with Gasteiger partial charge in [-0.1, -0.05) is 20.8 Å². The Hall–Kier alpha value is -0.340. The van der Waals surface area contributed by atoms with Gasteiger partial charge in [-0.15, -0.1) is 11.3 Å². The molecule has 0 saturated carbocycles. The summed E-state index contributed by atoms with van der Waals surface area (Å²) in [6.07, 6.45) is 0.668. The van der Waals surface area contributed by atoms with Gasteiger partial charge in [-0.3, -0.25) is 0 Å². The topological polar surface area (TPSA) is 20.2 Å². The lowest BCUT2D eigenvalue weighted by Crippen LogP contribution is -2.19. The number of aliphatic hydroxyl groups is 1. The van der Waals surface area contributed by atoms with E-state index in [0.717, 1.165) is 11.3 Å². The van der Waals surface area contributed by atoms with Crippen molar-refractivity contribution < 1.29 is 5.11 Å². The van der Waals surface area contributed by atoms with E-state index in [4.69, 9.17) is 0 Å². The molecule has 1 unspecified atom stereocenters. The fourth-order valence-electron chi connectivity index (χ4n) is 1.18. The summed E-state index contributed by atoms with van der Waals surface area (Å²) in [5, 5.41) is 10.1. The molecule has 1 N–H and O–H groups in total. The molecule has 1 aromatic rings. The highest BCUT2D eigenvalue weighted by Crippen LogP contribution is 2.38. The highest BCUT2D eigenvalue weighted by Gasteiger charge is 2.27. The molecule has 1 nitrogen and oxygen atoms in total. The van der Waals surface area contributed by atoms with E-state index in [1.165, 1.54) is 4.88 Å². The number of thiophene rings is 1. The molecule has 0 fully saturated rings. The second kappa shape index (κ2) is 3.81. The molecule has 13 heavy (non-hydrogen) atoms. The van der Waals surface area contributed by atoms with Crippen LogP contribution in [-0.4, -0.2) is 5.11 Å². The number of hydrogen-bond acceptors (Lipinski definition) is 2. The third-order valence-corrected chi connectivity index (χ3v) is 3.74. The van der Waals surface area contributed by atoms with Crippen LogP contribution in [-0.2, 0) is 0 Å². The molecule has 74 valence electrons. The smallest absolute Gasteiger partial charge is 0.0932 e. The third kappa shape index (κ3) is 2.32. The number of aryl methyl sites for hydroxylation is 1. The number of hydrogen-bond donors (Lipinski definition) is 1. The second-order valence-electron chi connectivity index (χ2n) is 4.19. The van der Waals surface area contributed by atoms with E-state index in [-0.39, 0.29) is 11.5 Å². The Morgan fingerprint density at radius 3 is 2.46 bits per heavy atom. The summed E-state index contributed by atoms with van der Waals surface area (Å²) < 4.78 is 0. The summed E-state index contributed by atoms with van der Waals surface area (Å²) in [5.41, 5.74) is -0.0166. The fraction of sp³-hybridized carbons (Fsp3) is 0.636. The second-order valence-corrected chi connectivity index (χ2v) is 5.51. The van der Waals surface area contributed by atoms with Gasteiger partial charge in [-0.2, -0.15) is 0 Å². The van der Waals surface area contributed by atoms with Gasteiger partial charge in [0.05, 0.1) is 6.10 Å². The Morgan fingerprint density at radius 2 is 2.08 bits per heavy atom. The molecule has 2 heteroatoms. The third-order valence-electron chi connectivity index (χ3n) is 2.68. The van der Waals surface area contributed by atoms with Crippen LogP contribution in [0.5, 0.6) is 0 Å². The first-order chi connectivity index (χ1) is 5.97. The molecule has 0 saturated heterocycles. The SMILES string of the molecule is CCC(C)(C)C(O)c1ccc(C)s1. The summed E-state index contributed by atoms with van der Waals surface area (Å²) in [5.74, 6) is 0. The van der Waals surface area contributed by atoms with Crippen molar-refractivity contribution in [1.82, 2.24) is 0 Å². The van der Waals surface area contributed by atoms with Crippen molar-refractivity contribution >= 4 is 11.3 Å². The van der Waals surface area contributed by atoms with Crippen LogP contribution < -0.4 is 0 Å². The summed E-state index contributed by atoms with van der Waals surface area (Å²) >= 11 is 1.69. The minimum atomic E-state index is -0.323. The summed E-state index contributed by atoms with van der Waals surface area (Å²) in [6.45, 7) is 8.39. The van der Waals surface area contributed by atoms with Gasteiger partial charge in [0.15, 0.2) is 0 Å². The van der Waals surface area contributed by atoms with Crippen LogP contribution in [0, 0.1) is 12.3 Å². The molecule has 1 rings (SSSR count). The van der Waals surface area contributed by atoms with E-state index in [0.29, 0.717) is 0 Å². The largest absolute Gasteiger partial charge is 0.387 e. The zero-order valence-electron chi connectivity index (χ0n) is 8.79. The van der Waals surface area contributed by atoms with Crippen molar-refractivity contribution in [2.75, 3.05) is 0 Å². The van der Waals surface area contributed by atoms with Gasteiger partial charge in [-0.25, -0.2) is 0 Å². The van der Waals surface area contributed by atoms with Crippen LogP contribution in [0.25, 0.3) is 0 Å². The van der Waals surface area contributed by atoms with Crippen LogP contribution in [0.1, 0.15) is 43.1 Å². The molecule has 1 aromatic heterocycles. The van der Waals surface area contributed by atoms with Crippen molar-refractivity contribution in [1.29, 1.82) is 0 Å². The predicted molar refractivity (Wildman–Crippen MR) is 58.1 cm³/mol. The van der Waals surface area contributed by atoms with E-state index in [9.17, 15) is 5.11 Å². The van der Waals surface area contributed by atoms with Crippen LogP contribution in [0.4, 0.5) is 0 Å². The van der Waals surface area contributed by atoms with Crippen molar-refractivity contribution in [3.63, 3.8) is 0 Å². The molecule has 0 radical (unpaired) electrons. The lowest BCUT2D eigenvalue weighted by molar-refractivity contribution is 0.0495. The van der Waals surface area contributed by atoms with E-state index in [1.54, 1.807) is 11.3 Å². The molecule has 1 heterocycles. The maximum Gasteiger partial charge on any atom is 0.0932 e. The molecular weight excluding hydrogens is 180 g/mol. The zero-order chi connectivity index (χ0) is 10.1. The Bertz CT molecular complexity index is 275. The molecule has 0 amide bonds. The first-order valence-electron chi connectivity index (χ1n) is 4.72. The normalized spacial score (nSPS) is 14.5. The maximum absolute atomic E-state index is 10.1. The fourth-order valence-corrected chi connectivity index (χ4v) is 2.25. The number of aliphatic hydroxyl groups excluding tert-OH is 1. The van der Waals surface area contributed by atoms with E-state index in [1.807, 2.05) is 6.07 Å². The van der Waals surface area contributed by atoms with Crippen LogP contribution >= 0.6 is 11.3 Å². The van der Waals surface area contributed by atoms with Crippen LogP contribution in [0.3, 0.4) is 0 Å². The van der Waals surface area contributed by atoms with Crippen molar-refractivity contribution in [3.05, 3.63) is 21.9 Å². The Balaban J connectivity index is 2.84. The van der Waals surface area contributed by atoms with Crippen molar-refractivity contribution in [3.8, 4) is 0 Å². The first-order valence-corrected chi connectivity index (χ1v) is 5.53. The summed E-state index contributed by atoms with van der Waals surface area (Å²) in [4.78, 5) is 2.35. The van der Waals surface area contributed by atoms with Gasteiger partial charge in [0, 0.05) is 9.75 Å². The molecule has 0 aliphatic carbocycles. The minimum Gasteiger partial charge on any atom is -0.387 e. The van der Waals surface area contributed by atoms with E-state index in [2.05, 4.69) is 33.8 Å². The van der Waals surface area contributed by atoms with Crippen LogP contribution in [0.2, 0.25) is 0 Å². The lowest BCUT2D eigenvalue weighted by atomic mass is 9.83. The summed E-state index contributed by atoms with van der Waals surface area (Å²) in [6, 6.07) is 4.09. The average molecular weight is 198 g/mol. The Morgan fingerprint density at radius 1 is 1.46 bits per heavy atom. The molecular formula is C11H18OS. The zero-order valence-corrected chi connectivity index (χ0v) is 9.61. The standard InChI is InChI=1S/C11H18OS/c1-5-11(3,4)10(12)9-7-6-8(2)13-9/h6-7,10,12H,5H2,1-4H3. The van der Waals surface area contributed by atoms with Crippen LogP contribution in [0.15, 0.2) is 12.1 Å². The molecule has 0 aliphatic heterocycles. The molecule has 0 bridgehead atoms. The molecule has 0 aromatic carbocycles.